The fraction of sp³-hybridized carbons (Fsp3) is 0.417. The van der Waals surface area contributed by atoms with Crippen LogP contribution in [-0.4, -0.2) is 67.8 Å². The summed E-state index contributed by atoms with van der Waals surface area (Å²) >= 11 is 6.83. The van der Waals surface area contributed by atoms with Gasteiger partial charge in [-0.3, -0.25) is 9.48 Å². The Kier molecular flexibility index (Phi) is 5.00. The fourth-order valence-corrected chi connectivity index (χ4v) is 5.80. The molecule has 5 heterocycles. The van der Waals surface area contributed by atoms with E-state index in [2.05, 4.69) is 15.0 Å². The number of nitrogens with zero attached hydrogens (tertiary/aromatic N) is 6. The molecule has 1 aromatic carbocycles. The second-order valence-corrected chi connectivity index (χ2v) is 10.0. The molecule has 1 amide bonds. The highest BCUT2D eigenvalue weighted by Crippen LogP contribution is 2.40. The number of rotatable bonds is 4. The molecule has 2 atom stereocenters. The topological polar surface area (TPSA) is 109 Å². The molecule has 0 aliphatic carbocycles. The van der Waals surface area contributed by atoms with Crippen LogP contribution in [0.3, 0.4) is 0 Å². The van der Waals surface area contributed by atoms with E-state index in [0.29, 0.717) is 17.1 Å². The van der Waals surface area contributed by atoms with Crippen LogP contribution in [0.5, 0.6) is 0 Å². The average molecular weight is 479 g/mol. The van der Waals surface area contributed by atoms with E-state index in [1.165, 1.54) is 0 Å². The van der Waals surface area contributed by atoms with Crippen molar-refractivity contribution in [2.45, 2.75) is 50.4 Å². The zero-order chi connectivity index (χ0) is 23.6. The van der Waals surface area contributed by atoms with Gasteiger partial charge in [0.1, 0.15) is 17.9 Å². The summed E-state index contributed by atoms with van der Waals surface area (Å²) in [6.45, 7) is 0.165. The Labute approximate surface area is 201 Å². The maximum absolute atomic E-state index is 12.1. The zero-order valence-electron chi connectivity index (χ0n) is 19.2. The Morgan fingerprint density at radius 1 is 1.24 bits per heavy atom. The van der Waals surface area contributed by atoms with E-state index < -0.39 is 0 Å². The number of carbonyl (C=O) groups excluding carboxylic acids is 1. The number of likely N-dealkylation sites (N-methyl/N-ethyl adjacent to an activating group) is 1. The van der Waals surface area contributed by atoms with Gasteiger partial charge in [-0.2, -0.15) is 5.10 Å². The molecule has 34 heavy (non-hydrogen) atoms. The quantitative estimate of drug-likeness (QED) is 0.466. The second kappa shape index (κ2) is 7.95. The number of aromatic nitrogens is 5. The summed E-state index contributed by atoms with van der Waals surface area (Å²) in [5, 5.41) is 5.88. The lowest BCUT2D eigenvalue weighted by Gasteiger charge is -2.38. The van der Waals surface area contributed by atoms with E-state index >= 15 is 0 Å². The van der Waals surface area contributed by atoms with E-state index in [0.717, 1.165) is 64.7 Å². The van der Waals surface area contributed by atoms with Crippen molar-refractivity contribution in [2.24, 2.45) is 5.73 Å². The summed E-state index contributed by atoms with van der Waals surface area (Å²) in [5.74, 6) is 0.879. The number of carbonyl (C=O) groups is 1. The van der Waals surface area contributed by atoms with Crippen molar-refractivity contribution in [3.05, 3.63) is 35.7 Å². The maximum Gasteiger partial charge on any atom is 0.243 e. The second-order valence-electron chi connectivity index (χ2n) is 9.63. The minimum atomic E-state index is -0.0315. The first-order valence-corrected chi connectivity index (χ1v) is 12.0. The highest BCUT2D eigenvalue weighted by Gasteiger charge is 2.40. The lowest BCUT2D eigenvalue weighted by molar-refractivity contribution is -0.129. The van der Waals surface area contributed by atoms with E-state index in [1.807, 2.05) is 30.7 Å². The zero-order valence-corrected chi connectivity index (χ0v) is 20.0. The van der Waals surface area contributed by atoms with Gasteiger partial charge in [-0.05, 0) is 31.7 Å². The van der Waals surface area contributed by atoms with Crippen molar-refractivity contribution in [1.29, 1.82) is 0 Å². The number of hydrogen-bond donors (Lipinski definition) is 2. The van der Waals surface area contributed by atoms with Gasteiger partial charge < -0.3 is 20.5 Å². The number of nitrogens with one attached hydrogen (secondary N) is 1. The van der Waals surface area contributed by atoms with Crippen LogP contribution >= 0.6 is 11.6 Å². The molecule has 3 N–H and O–H groups in total. The largest absolute Gasteiger partial charge is 0.349 e. The molecule has 2 bridgehead atoms. The molecule has 176 valence electrons. The standard InChI is InChI=1S/C24H27ClN8O/c1-31(2)21(34)12-32-11-18-19(30-32)6-5-16(22(18)25)17-9-28-24-23(17)27-10-20(29-24)33-14-3-4-15(33)8-13(26)7-14/h5-6,9-11,13-15H,3-4,7-8,12,26H2,1-2H3,(H,28,29). The van der Waals surface area contributed by atoms with Gasteiger partial charge in [0, 0.05) is 61.1 Å². The number of benzene rings is 1. The normalized spacial score (nSPS) is 22.1. The number of anilines is 1. The van der Waals surface area contributed by atoms with Crippen LogP contribution in [0.4, 0.5) is 5.82 Å². The summed E-state index contributed by atoms with van der Waals surface area (Å²) in [4.78, 5) is 29.0. The third-order valence-corrected chi connectivity index (χ3v) is 7.57. The Morgan fingerprint density at radius 2 is 2.00 bits per heavy atom. The molecule has 9 nitrogen and oxygen atoms in total. The predicted octanol–water partition coefficient (Wildman–Crippen LogP) is 3.17. The van der Waals surface area contributed by atoms with Gasteiger partial charge in [0.2, 0.25) is 5.91 Å². The SMILES string of the molecule is CN(C)C(=O)Cn1cc2c(Cl)c(-c3c[nH]c4nc(N5C6CCC5CC(N)C6)cnc34)ccc2n1. The predicted molar refractivity (Wildman–Crippen MR) is 133 cm³/mol. The lowest BCUT2D eigenvalue weighted by Crippen LogP contribution is -2.47. The van der Waals surface area contributed by atoms with E-state index in [-0.39, 0.29) is 18.5 Å². The number of piperidine rings is 1. The summed E-state index contributed by atoms with van der Waals surface area (Å²) in [6, 6.07) is 5.04. The number of nitrogens with two attached hydrogens (primary N) is 1. The molecule has 2 saturated heterocycles. The molecule has 2 fully saturated rings. The van der Waals surface area contributed by atoms with Crippen LogP contribution in [0.2, 0.25) is 5.02 Å². The highest BCUT2D eigenvalue weighted by molar-refractivity contribution is 6.38. The Hall–Kier alpha value is -3.17. The van der Waals surface area contributed by atoms with Crippen molar-refractivity contribution in [3.8, 4) is 11.1 Å². The summed E-state index contributed by atoms with van der Waals surface area (Å²) in [5.41, 5.74) is 10.2. The first-order chi connectivity index (χ1) is 16.4. The average Bonchev–Trinajstić information content (AvgIpc) is 3.48. The van der Waals surface area contributed by atoms with Crippen LogP contribution in [0.15, 0.2) is 30.7 Å². The minimum absolute atomic E-state index is 0.0315. The molecule has 2 aliphatic heterocycles. The van der Waals surface area contributed by atoms with Crippen LogP contribution in [-0.2, 0) is 11.3 Å². The number of fused-ring (bicyclic) bond motifs is 4. The Morgan fingerprint density at radius 3 is 2.74 bits per heavy atom. The van der Waals surface area contributed by atoms with Crippen LogP contribution in [0.25, 0.3) is 33.2 Å². The molecule has 0 saturated carbocycles. The van der Waals surface area contributed by atoms with Crippen molar-refractivity contribution < 1.29 is 4.79 Å². The van der Waals surface area contributed by atoms with Gasteiger partial charge in [-0.25, -0.2) is 9.97 Å². The summed E-state index contributed by atoms with van der Waals surface area (Å²) in [6.07, 6.45) is 9.94. The summed E-state index contributed by atoms with van der Waals surface area (Å²) < 4.78 is 1.63. The van der Waals surface area contributed by atoms with Crippen molar-refractivity contribution >= 4 is 45.4 Å². The van der Waals surface area contributed by atoms with Crippen LogP contribution in [0, 0.1) is 0 Å². The number of amides is 1. The van der Waals surface area contributed by atoms with E-state index in [4.69, 9.17) is 27.3 Å². The molecule has 4 aromatic rings. The molecule has 6 rings (SSSR count). The highest BCUT2D eigenvalue weighted by atomic mass is 35.5. The van der Waals surface area contributed by atoms with Gasteiger partial charge in [0.15, 0.2) is 5.65 Å². The number of hydrogen-bond acceptors (Lipinski definition) is 6. The van der Waals surface area contributed by atoms with Gasteiger partial charge in [0.25, 0.3) is 0 Å². The maximum atomic E-state index is 12.1. The van der Waals surface area contributed by atoms with Gasteiger partial charge in [0.05, 0.1) is 16.7 Å². The van der Waals surface area contributed by atoms with Gasteiger partial charge in [-0.1, -0.05) is 17.7 Å². The third kappa shape index (κ3) is 3.42. The van der Waals surface area contributed by atoms with Crippen LogP contribution in [0.1, 0.15) is 25.7 Å². The van der Waals surface area contributed by atoms with Crippen LogP contribution < -0.4 is 10.6 Å². The minimum Gasteiger partial charge on any atom is -0.349 e. The molecule has 2 unspecified atom stereocenters. The summed E-state index contributed by atoms with van der Waals surface area (Å²) in [7, 11) is 3.45. The van der Waals surface area contributed by atoms with Crippen molar-refractivity contribution in [1.82, 2.24) is 29.6 Å². The molecular formula is C24H27ClN8O. The lowest BCUT2D eigenvalue weighted by atomic mass is 9.98. The van der Waals surface area contributed by atoms with E-state index in [1.54, 1.807) is 23.7 Å². The molecule has 0 radical (unpaired) electrons. The number of aromatic amines is 1. The third-order valence-electron chi connectivity index (χ3n) is 7.16. The first-order valence-electron chi connectivity index (χ1n) is 11.6. The Bertz CT molecular complexity index is 1400. The fourth-order valence-electron chi connectivity index (χ4n) is 5.49. The van der Waals surface area contributed by atoms with Crippen molar-refractivity contribution in [3.63, 3.8) is 0 Å². The molecular weight excluding hydrogens is 452 g/mol. The van der Waals surface area contributed by atoms with E-state index in [9.17, 15) is 4.79 Å². The van der Waals surface area contributed by atoms with Crippen molar-refractivity contribution in [2.75, 3.05) is 19.0 Å². The van der Waals surface area contributed by atoms with Gasteiger partial charge >= 0.3 is 0 Å². The molecule has 0 spiro atoms. The van der Waals surface area contributed by atoms with Gasteiger partial charge in [-0.15, -0.1) is 0 Å². The molecule has 2 aliphatic rings. The molecule has 3 aromatic heterocycles. The Balaban J connectivity index is 1.35. The number of H-pyrrole nitrogens is 1. The smallest absolute Gasteiger partial charge is 0.243 e. The molecule has 10 heteroatoms. The monoisotopic (exact) mass is 478 g/mol. The first kappa shape index (κ1) is 21.4. The number of halogens is 1.